The molecule has 0 amide bonds. The maximum atomic E-state index is 14.0. The van der Waals surface area contributed by atoms with Crippen LogP contribution in [0.15, 0.2) is 12.1 Å². The molecule has 4 unspecified atom stereocenters. The lowest BCUT2D eigenvalue weighted by Gasteiger charge is -2.45. The van der Waals surface area contributed by atoms with E-state index in [0.29, 0.717) is 5.92 Å². The van der Waals surface area contributed by atoms with Gasteiger partial charge in [0.1, 0.15) is 0 Å². The number of hydrogen-bond acceptors (Lipinski definition) is 2. The average Bonchev–Trinajstić information content (AvgIpc) is 2.79. The van der Waals surface area contributed by atoms with Crippen molar-refractivity contribution < 1.29 is 18.3 Å². The van der Waals surface area contributed by atoms with Crippen LogP contribution in [0.25, 0.3) is 0 Å². The molecule has 0 spiro atoms. The molecule has 31 heavy (non-hydrogen) atoms. The molecule has 4 atom stereocenters. The van der Waals surface area contributed by atoms with Gasteiger partial charge in [-0.2, -0.15) is 4.39 Å². The van der Waals surface area contributed by atoms with Crippen molar-refractivity contribution in [3.05, 3.63) is 28.8 Å². The molecule has 0 heterocycles. The van der Waals surface area contributed by atoms with Crippen molar-refractivity contribution in [3.63, 3.8) is 0 Å². The van der Waals surface area contributed by atoms with Crippen molar-refractivity contribution in [3.8, 4) is 5.75 Å². The summed E-state index contributed by atoms with van der Waals surface area (Å²) in [6.45, 7) is 2.30. The smallest absolute Gasteiger partial charge is 0.314 e. The molecule has 3 aliphatic carbocycles. The van der Waals surface area contributed by atoms with Crippen molar-refractivity contribution in [2.45, 2.75) is 84.0 Å². The molecule has 1 aromatic carbocycles. The normalized spacial score (nSPS) is 33.5. The topological polar surface area (TPSA) is 26.3 Å². The highest BCUT2D eigenvalue weighted by Crippen LogP contribution is 2.49. The van der Waals surface area contributed by atoms with Crippen LogP contribution < -0.4 is 4.74 Å². The number of fused-ring (bicyclic) bond motifs is 1. The largest absolute Gasteiger partial charge is 0.423 e. The summed E-state index contributed by atoms with van der Waals surface area (Å²) in [5.41, 5.74) is 0. The number of benzene rings is 1. The van der Waals surface area contributed by atoms with E-state index in [9.17, 15) is 13.6 Å². The predicted octanol–water partition coefficient (Wildman–Crippen LogP) is 7.96. The van der Waals surface area contributed by atoms with Gasteiger partial charge in [-0.1, -0.05) is 37.8 Å². The molecular formula is C26H35ClF2O2. The third-order valence-corrected chi connectivity index (χ3v) is 8.73. The molecule has 0 aliphatic heterocycles. The van der Waals surface area contributed by atoms with Gasteiger partial charge < -0.3 is 4.74 Å². The summed E-state index contributed by atoms with van der Waals surface area (Å²) >= 11 is 5.57. The Bertz CT molecular complexity index is 775. The molecule has 0 radical (unpaired) electrons. The van der Waals surface area contributed by atoms with Gasteiger partial charge in [0.05, 0.1) is 10.9 Å². The fraction of sp³-hybridized carbons (Fsp3) is 0.731. The van der Waals surface area contributed by atoms with Crippen LogP contribution in [0.2, 0.25) is 5.02 Å². The summed E-state index contributed by atoms with van der Waals surface area (Å²) in [6, 6.07) is 2.43. The molecule has 1 aromatic rings. The first-order valence-electron chi connectivity index (χ1n) is 12.3. The molecule has 0 bridgehead atoms. The van der Waals surface area contributed by atoms with E-state index >= 15 is 0 Å². The number of rotatable bonds is 5. The molecule has 172 valence electrons. The van der Waals surface area contributed by atoms with Gasteiger partial charge in [-0.15, -0.1) is 0 Å². The zero-order valence-corrected chi connectivity index (χ0v) is 19.3. The van der Waals surface area contributed by atoms with E-state index in [1.165, 1.54) is 63.5 Å². The van der Waals surface area contributed by atoms with Crippen molar-refractivity contribution in [1.29, 1.82) is 0 Å². The molecule has 2 nitrogen and oxygen atoms in total. The fourth-order valence-electron chi connectivity index (χ4n) is 6.73. The predicted molar refractivity (Wildman–Crippen MR) is 119 cm³/mol. The van der Waals surface area contributed by atoms with Gasteiger partial charge >= 0.3 is 5.97 Å². The number of halogens is 3. The van der Waals surface area contributed by atoms with Gasteiger partial charge in [-0.05, 0) is 99.5 Å². The van der Waals surface area contributed by atoms with Crippen molar-refractivity contribution in [1.82, 2.24) is 0 Å². The minimum absolute atomic E-state index is 0.227. The second-order valence-corrected chi connectivity index (χ2v) is 10.7. The first-order valence-corrected chi connectivity index (χ1v) is 12.7. The van der Waals surface area contributed by atoms with Crippen molar-refractivity contribution >= 4 is 17.6 Å². The van der Waals surface area contributed by atoms with E-state index in [1.807, 2.05) is 0 Å². The molecule has 4 rings (SSSR count). The van der Waals surface area contributed by atoms with Gasteiger partial charge in [0, 0.05) is 0 Å². The third kappa shape index (κ3) is 5.26. The Kier molecular flexibility index (Phi) is 7.56. The Balaban J connectivity index is 1.26. The summed E-state index contributed by atoms with van der Waals surface area (Å²) in [4.78, 5) is 12.5. The second-order valence-electron chi connectivity index (χ2n) is 10.3. The monoisotopic (exact) mass is 452 g/mol. The lowest BCUT2D eigenvalue weighted by molar-refractivity contribution is -0.140. The third-order valence-electron chi connectivity index (χ3n) is 8.44. The van der Waals surface area contributed by atoms with E-state index in [1.54, 1.807) is 0 Å². The Labute approximate surface area is 190 Å². The minimum Gasteiger partial charge on any atom is -0.423 e. The Morgan fingerprint density at radius 3 is 2.23 bits per heavy atom. The summed E-state index contributed by atoms with van der Waals surface area (Å²) < 4.78 is 32.8. The highest BCUT2D eigenvalue weighted by atomic mass is 35.5. The van der Waals surface area contributed by atoms with Gasteiger partial charge in [0.2, 0.25) is 5.82 Å². The van der Waals surface area contributed by atoms with Crippen LogP contribution in [-0.4, -0.2) is 5.97 Å². The van der Waals surface area contributed by atoms with Crippen LogP contribution in [0.5, 0.6) is 5.75 Å². The van der Waals surface area contributed by atoms with E-state index in [-0.39, 0.29) is 16.7 Å². The van der Waals surface area contributed by atoms with Gasteiger partial charge in [0.25, 0.3) is 0 Å². The Morgan fingerprint density at radius 1 is 0.903 bits per heavy atom. The van der Waals surface area contributed by atoms with Crippen LogP contribution in [0.3, 0.4) is 0 Å². The Hall–Kier alpha value is -1.16. The number of esters is 1. The average molecular weight is 453 g/mol. The molecule has 3 aliphatic rings. The highest BCUT2D eigenvalue weighted by molar-refractivity contribution is 6.30. The first kappa shape index (κ1) is 23.0. The molecule has 0 aromatic heterocycles. The molecular weight excluding hydrogens is 418 g/mol. The number of carbonyl (C=O) groups is 1. The quantitative estimate of drug-likeness (QED) is 0.257. The molecule has 3 saturated carbocycles. The molecule has 5 heteroatoms. The van der Waals surface area contributed by atoms with E-state index in [4.69, 9.17) is 16.3 Å². The minimum atomic E-state index is -1.19. The lowest BCUT2D eigenvalue weighted by Crippen LogP contribution is -2.35. The van der Waals surface area contributed by atoms with Crippen LogP contribution in [-0.2, 0) is 4.79 Å². The number of hydrogen-bond donors (Lipinski definition) is 0. The van der Waals surface area contributed by atoms with Crippen LogP contribution in [0, 0.1) is 47.1 Å². The SMILES string of the molecule is CCCC1CCC2CC(C3CCC(C(=O)Oc4ccc(Cl)c(F)c4F)CC3)CCC2C1. The maximum Gasteiger partial charge on any atom is 0.314 e. The van der Waals surface area contributed by atoms with E-state index in [0.717, 1.165) is 49.4 Å². The van der Waals surface area contributed by atoms with Gasteiger partial charge in [-0.25, -0.2) is 4.39 Å². The van der Waals surface area contributed by atoms with E-state index < -0.39 is 17.6 Å². The van der Waals surface area contributed by atoms with Crippen LogP contribution in [0.1, 0.15) is 84.0 Å². The zero-order valence-electron chi connectivity index (χ0n) is 18.6. The number of ether oxygens (including phenoxy) is 1. The van der Waals surface area contributed by atoms with Crippen LogP contribution in [0.4, 0.5) is 8.78 Å². The highest BCUT2D eigenvalue weighted by Gasteiger charge is 2.39. The fourth-order valence-corrected chi connectivity index (χ4v) is 6.87. The van der Waals surface area contributed by atoms with E-state index in [2.05, 4.69) is 6.92 Å². The number of carbonyl (C=O) groups excluding carboxylic acids is 1. The first-order chi connectivity index (χ1) is 15.0. The van der Waals surface area contributed by atoms with Crippen molar-refractivity contribution in [2.24, 2.45) is 35.5 Å². The maximum absolute atomic E-state index is 14.0. The van der Waals surface area contributed by atoms with Crippen LogP contribution >= 0.6 is 11.6 Å². The summed E-state index contributed by atoms with van der Waals surface area (Å²) in [6.07, 6.45) is 14.7. The molecule has 0 N–H and O–H groups in total. The van der Waals surface area contributed by atoms with Gasteiger partial charge in [0.15, 0.2) is 11.6 Å². The summed E-state index contributed by atoms with van der Waals surface area (Å²) in [5.74, 6) is 0.906. The summed E-state index contributed by atoms with van der Waals surface area (Å²) in [7, 11) is 0. The van der Waals surface area contributed by atoms with Crippen molar-refractivity contribution in [2.75, 3.05) is 0 Å². The second kappa shape index (κ2) is 10.2. The Morgan fingerprint density at radius 2 is 1.52 bits per heavy atom. The molecule has 3 fully saturated rings. The lowest BCUT2D eigenvalue weighted by atomic mass is 9.60. The standard InChI is InChI=1S/C26H35ClF2O2/c1-2-3-16-4-5-21-15-20(11-10-19(21)14-16)17-6-8-18(9-7-17)26(30)31-23-13-12-22(27)24(28)25(23)29/h12-13,16-21H,2-11,14-15H2,1H3. The summed E-state index contributed by atoms with van der Waals surface area (Å²) in [5, 5.41) is -0.314. The van der Waals surface area contributed by atoms with Gasteiger partial charge in [-0.3, -0.25) is 4.79 Å². The molecule has 0 saturated heterocycles. The zero-order chi connectivity index (χ0) is 22.0.